The molecule has 2 N–H and O–H groups in total. The Morgan fingerprint density at radius 2 is 1.93 bits per heavy atom. The Morgan fingerprint density at radius 1 is 1.21 bits per heavy atom. The van der Waals surface area contributed by atoms with Gasteiger partial charge in [0.1, 0.15) is 12.4 Å². The molecule has 0 bridgehead atoms. The molecule has 4 rings (SSSR count). The summed E-state index contributed by atoms with van der Waals surface area (Å²) >= 11 is 5.99. The molecule has 7 heteroatoms. The summed E-state index contributed by atoms with van der Waals surface area (Å²) in [6, 6.07) is 12.1. The SMILES string of the molecule is CC(O)(c1ccc2c(c1)OCC1NCCC21Cc1ccc(Cl)cc1)C(F)(F)F. The van der Waals surface area contributed by atoms with E-state index in [9.17, 15) is 18.3 Å². The number of nitrogens with one attached hydrogen (secondary N) is 1. The fourth-order valence-corrected chi connectivity index (χ4v) is 4.47. The molecule has 3 nitrogen and oxygen atoms in total. The first kappa shape index (κ1) is 19.6. The number of halogens is 4. The van der Waals surface area contributed by atoms with E-state index in [1.807, 2.05) is 24.3 Å². The molecule has 150 valence electrons. The highest BCUT2D eigenvalue weighted by Crippen LogP contribution is 2.48. The second-order valence-electron chi connectivity index (χ2n) is 7.81. The van der Waals surface area contributed by atoms with E-state index in [0.29, 0.717) is 17.4 Å². The standard InChI is InChI=1S/C21H21ClF3NO2/c1-19(27,21(23,24)25)14-4-7-16-17(10-14)28-12-18-20(16,8-9-26-18)11-13-2-5-15(22)6-3-13/h2-7,10,18,26-27H,8-9,11-12H2,1H3. The minimum absolute atomic E-state index is 0.0738. The molecule has 0 aliphatic carbocycles. The third-order valence-electron chi connectivity index (χ3n) is 6.10. The third-order valence-corrected chi connectivity index (χ3v) is 6.35. The quantitative estimate of drug-likeness (QED) is 0.789. The lowest BCUT2D eigenvalue weighted by Gasteiger charge is -2.41. The van der Waals surface area contributed by atoms with Crippen molar-refractivity contribution in [1.82, 2.24) is 5.32 Å². The topological polar surface area (TPSA) is 41.5 Å². The second kappa shape index (κ2) is 6.65. The van der Waals surface area contributed by atoms with Gasteiger partial charge in [-0.05, 0) is 55.6 Å². The van der Waals surface area contributed by atoms with Gasteiger partial charge >= 0.3 is 6.18 Å². The van der Waals surface area contributed by atoms with Crippen LogP contribution in [0.2, 0.25) is 5.02 Å². The Bertz CT molecular complexity index is 882. The fourth-order valence-electron chi connectivity index (χ4n) is 4.35. The van der Waals surface area contributed by atoms with E-state index >= 15 is 0 Å². The zero-order valence-corrected chi connectivity index (χ0v) is 16.1. The molecule has 0 radical (unpaired) electrons. The number of ether oxygens (including phenoxy) is 1. The molecule has 0 aromatic heterocycles. The highest BCUT2D eigenvalue weighted by molar-refractivity contribution is 6.30. The van der Waals surface area contributed by atoms with Crippen molar-refractivity contribution in [1.29, 1.82) is 0 Å². The molecule has 28 heavy (non-hydrogen) atoms. The van der Waals surface area contributed by atoms with Gasteiger partial charge in [-0.1, -0.05) is 35.9 Å². The first-order valence-electron chi connectivity index (χ1n) is 9.18. The molecular weight excluding hydrogens is 391 g/mol. The summed E-state index contributed by atoms with van der Waals surface area (Å²) in [6.07, 6.45) is -3.19. The largest absolute Gasteiger partial charge is 0.492 e. The van der Waals surface area contributed by atoms with Crippen LogP contribution in [0, 0.1) is 0 Å². The third kappa shape index (κ3) is 3.08. The summed E-state index contributed by atoms with van der Waals surface area (Å²) in [7, 11) is 0. The van der Waals surface area contributed by atoms with Gasteiger partial charge in [0.05, 0.1) is 6.04 Å². The lowest BCUT2D eigenvalue weighted by molar-refractivity contribution is -0.258. The Labute approximate surface area is 166 Å². The highest BCUT2D eigenvalue weighted by atomic mass is 35.5. The minimum atomic E-state index is -4.77. The number of hydrogen-bond donors (Lipinski definition) is 2. The normalized spacial score (nSPS) is 26.1. The molecule has 1 saturated heterocycles. The molecule has 3 unspecified atom stereocenters. The number of benzene rings is 2. The Kier molecular flexibility index (Phi) is 4.64. The van der Waals surface area contributed by atoms with Crippen LogP contribution < -0.4 is 10.1 Å². The lowest BCUT2D eigenvalue weighted by Crippen LogP contribution is -2.49. The van der Waals surface area contributed by atoms with E-state index in [1.54, 1.807) is 6.07 Å². The van der Waals surface area contributed by atoms with Crippen LogP contribution in [0.1, 0.15) is 30.0 Å². The van der Waals surface area contributed by atoms with Gasteiger partial charge in [0, 0.05) is 16.0 Å². The van der Waals surface area contributed by atoms with Crippen LogP contribution in [0.3, 0.4) is 0 Å². The van der Waals surface area contributed by atoms with Crippen LogP contribution >= 0.6 is 11.6 Å². The van der Waals surface area contributed by atoms with Crippen LogP contribution in [0.5, 0.6) is 5.75 Å². The van der Waals surface area contributed by atoms with Crippen molar-refractivity contribution >= 4 is 11.6 Å². The van der Waals surface area contributed by atoms with Crippen molar-refractivity contribution in [2.45, 2.75) is 43.0 Å². The first-order chi connectivity index (χ1) is 13.1. The molecule has 2 aromatic rings. The number of rotatable bonds is 3. The van der Waals surface area contributed by atoms with Gasteiger partial charge in [-0.25, -0.2) is 0 Å². The van der Waals surface area contributed by atoms with Gasteiger partial charge in [0.15, 0.2) is 5.60 Å². The number of fused-ring (bicyclic) bond motifs is 3. The Hall–Kier alpha value is -1.76. The van der Waals surface area contributed by atoms with Crippen LogP contribution in [0.4, 0.5) is 13.2 Å². The first-order valence-corrected chi connectivity index (χ1v) is 9.56. The van der Waals surface area contributed by atoms with E-state index < -0.39 is 11.8 Å². The van der Waals surface area contributed by atoms with E-state index in [0.717, 1.165) is 37.4 Å². The molecule has 3 atom stereocenters. The monoisotopic (exact) mass is 411 g/mol. The summed E-state index contributed by atoms with van der Waals surface area (Å²) in [5, 5.41) is 14.2. The smallest absolute Gasteiger partial charge is 0.421 e. The molecule has 2 aliphatic heterocycles. The Balaban J connectivity index is 1.76. The van der Waals surface area contributed by atoms with Gasteiger partial charge in [-0.2, -0.15) is 13.2 Å². The van der Waals surface area contributed by atoms with Crippen molar-refractivity contribution in [3.8, 4) is 5.75 Å². The van der Waals surface area contributed by atoms with Gasteiger partial charge < -0.3 is 15.2 Å². The molecule has 2 aromatic carbocycles. The molecule has 1 fully saturated rings. The number of hydrogen-bond acceptors (Lipinski definition) is 3. The summed E-state index contributed by atoms with van der Waals surface area (Å²) in [5.74, 6) is 0.413. The van der Waals surface area contributed by atoms with E-state index in [1.165, 1.54) is 12.1 Å². The lowest BCUT2D eigenvalue weighted by atomic mass is 9.68. The summed E-state index contributed by atoms with van der Waals surface area (Å²) in [5.41, 5.74) is -1.43. The molecular formula is C21H21ClF3NO2. The van der Waals surface area contributed by atoms with Crippen LogP contribution in [0.15, 0.2) is 42.5 Å². The van der Waals surface area contributed by atoms with E-state index in [-0.39, 0.29) is 17.0 Å². The number of aliphatic hydroxyl groups is 1. The summed E-state index contributed by atoms with van der Waals surface area (Å²) in [4.78, 5) is 0. The number of alkyl halides is 3. The fraction of sp³-hybridized carbons (Fsp3) is 0.429. The van der Waals surface area contributed by atoms with Crippen LogP contribution in [0.25, 0.3) is 0 Å². The van der Waals surface area contributed by atoms with E-state index in [2.05, 4.69) is 5.32 Å². The minimum Gasteiger partial charge on any atom is -0.492 e. The molecule has 0 saturated carbocycles. The summed E-state index contributed by atoms with van der Waals surface area (Å²) < 4.78 is 45.6. The molecule has 2 heterocycles. The molecule has 0 amide bonds. The highest BCUT2D eigenvalue weighted by Gasteiger charge is 2.53. The van der Waals surface area contributed by atoms with E-state index in [4.69, 9.17) is 16.3 Å². The van der Waals surface area contributed by atoms with Crippen molar-refractivity contribution in [3.63, 3.8) is 0 Å². The summed E-state index contributed by atoms with van der Waals surface area (Å²) in [6.45, 7) is 1.95. The van der Waals surface area contributed by atoms with Crippen molar-refractivity contribution < 1.29 is 23.0 Å². The maximum absolute atomic E-state index is 13.3. The zero-order chi connectivity index (χ0) is 20.2. The second-order valence-corrected chi connectivity index (χ2v) is 8.24. The predicted molar refractivity (Wildman–Crippen MR) is 101 cm³/mol. The average Bonchev–Trinajstić information content (AvgIpc) is 3.06. The zero-order valence-electron chi connectivity index (χ0n) is 15.3. The van der Waals surface area contributed by atoms with Gasteiger partial charge in [-0.3, -0.25) is 0 Å². The maximum Gasteiger partial charge on any atom is 0.421 e. The van der Waals surface area contributed by atoms with Crippen molar-refractivity contribution in [2.24, 2.45) is 0 Å². The molecule has 2 aliphatic rings. The van der Waals surface area contributed by atoms with Crippen LogP contribution in [-0.4, -0.2) is 30.5 Å². The predicted octanol–water partition coefficient (Wildman–Crippen LogP) is 4.34. The van der Waals surface area contributed by atoms with Gasteiger partial charge in [-0.15, -0.1) is 0 Å². The Morgan fingerprint density at radius 3 is 2.61 bits per heavy atom. The van der Waals surface area contributed by atoms with Crippen LogP contribution in [-0.2, 0) is 17.4 Å². The van der Waals surface area contributed by atoms with Gasteiger partial charge in [0.2, 0.25) is 0 Å². The molecule has 0 spiro atoms. The maximum atomic E-state index is 13.3. The van der Waals surface area contributed by atoms with Crippen molar-refractivity contribution in [3.05, 3.63) is 64.2 Å². The van der Waals surface area contributed by atoms with Crippen molar-refractivity contribution in [2.75, 3.05) is 13.2 Å². The average molecular weight is 412 g/mol. The van der Waals surface area contributed by atoms with Gasteiger partial charge in [0.25, 0.3) is 0 Å².